The van der Waals surface area contributed by atoms with E-state index in [-0.39, 0.29) is 11.9 Å². The Balaban J connectivity index is 1.82. The molecular formula is C21H24N4O. The van der Waals surface area contributed by atoms with Gasteiger partial charge in [-0.2, -0.15) is 0 Å². The lowest BCUT2D eigenvalue weighted by atomic mass is 10.0. The molecule has 0 aliphatic carbocycles. The highest BCUT2D eigenvalue weighted by Crippen LogP contribution is 2.22. The van der Waals surface area contributed by atoms with Crippen LogP contribution < -0.4 is 0 Å². The van der Waals surface area contributed by atoms with Crippen molar-refractivity contribution in [3.8, 4) is 0 Å². The summed E-state index contributed by atoms with van der Waals surface area (Å²) in [5, 5.41) is 0. The standard InChI is InChI=1S/C21H24N4O/c1-15-8-7-9-16(12-15)20(24(2)3)21(26)25(4)14-17-13-22-18-10-5-6-11-19(18)23-17/h5-13,20H,14H2,1-4H3/t20-/m0/s1. The Bertz CT molecular complexity index is 923. The molecule has 0 N–H and O–H groups in total. The maximum Gasteiger partial charge on any atom is 0.244 e. The summed E-state index contributed by atoms with van der Waals surface area (Å²) in [4.78, 5) is 25.8. The first-order chi connectivity index (χ1) is 12.5. The molecule has 5 heteroatoms. The van der Waals surface area contributed by atoms with Crippen molar-refractivity contribution in [1.82, 2.24) is 19.8 Å². The first-order valence-corrected chi connectivity index (χ1v) is 8.64. The third kappa shape index (κ3) is 3.89. The van der Waals surface area contributed by atoms with E-state index in [1.54, 1.807) is 11.1 Å². The number of amides is 1. The molecular weight excluding hydrogens is 324 g/mol. The van der Waals surface area contributed by atoms with E-state index in [2.05, 4.69) is 16.0 Å². The fourth-order valence-corrected chi connectivity index (χ4v) is 3.10. The summed E-state index contributed by atoms with van der Waals surface area (Å²) < 4.78 is 0. The minimum Gasteiger partial charge on any atom is -0.338 e. The minimum absolute atomic E-state index is 0.0376. The number of nitrogens with zero attached hydrogens (tertiary/aromatic N) is 4. The van der Waals surface area contributed by atoms with Crippen molar-refractivity contribution in [1.29, 1.82) is 0 Å². The third-order valence-electron chi connectivity index (χ3n) is 4.38. The molecule has 3 aromatic rings. The molecule has 26 heavy (non-hydrogen) atoms. The average molecular weight is 348 g/mol. The molecule has 0 saturated carbocycles. The quantitative estimate of drug-likeness (QED) is 0.710. The molecule has 0 aliphatic rings. The Morgan fingerprint density at radius 1 is 1.04 bits per heavy atom. The smallest absolute Gasteiger partial charge is 0.244 e. The lowest BCUT2D eigenvalue weighted by Crippen LogP contribution is -2.38. The second-order valence-corrected chi connectivity index (χ2v) is 6.82. The van der Waals surface area contributed by atoms with Crippen LogP contribution in [0, 0.1) is 6.92 Å². The first-order valence-electron chi connectivity index (χ1n) is 8.64. The van der Waals surface area contributed by atoms with Gasteiger partial charge in [0.2, 0.25) is 5.91 Å². The average Bonchev–Trinajstić information content (AvgIpc) is 2.61. The number of aromatic nitrogens is 2. The molecule has 0 aliphatic heterocycles. The van der Waals surface area contributed by atoms with Gasteiger partial charge in [-0.05, 0) is 38.7 Å². The number of para-hydroxylation sites is 2. The fraction of sp³-hybridized carbons (Fsp3) is 0.286. The van der Waals surface area contributed by atoms with Crippen molar-refractivity contribution >= 4 is 16.9 Å². The van der Waals surface area contributed by atoms with Crippen molar-refractivity contribution in [2.24, 2.45) is 0 Å². The van der Waals surface area contributed by atoms with Crippen LogP contribution in [0.3, 0.4) is 0 Å². The van der Waals surface area contributed by atoms with Gasteiger partial charge < -0.3 is 4.90 Å². The monoisotopic (exact) mass is 348 g/mol. The van der Waals surface area contributed by atoms with E-state index < -0.39 is 0 Å². The molecule has 2 aromatic carbocycles. The van der Waals surface area contributed by atoms with E-state index in [4.69, 9.17) is 0 Å². The molecule has 1 heterocycles. The predicted molar refractivity (Wildman–Crippen MR) is 104 cm³/mol. The number of fused-ring (bicyclic) bond motifs is 1. The van der Waals surface area contributed by atoms with E-state index >= 15 is 0 Å². The van der Waals surface area contributed by atoms with Crippen molar-refractivity contribution in [2.45, 2.75) is 19.5 Å². The van der Waals surface area contributed by atoms with E-state index in [9.17, 15) is 4.79 Å². The Morgan fingerprint density at radius 2 is 1.77 bits per heavy atom. The van der Waals surface area contributed by atoms with Gasteiger partial charge in [-0.15, -0.1) is 0 Å². The lowest BCUT2D eigenvalue weighted by Gasteiger charge is -2.28. The molecule has 0 spiro atoms. The zero-order valence-electron chi connectivity index (χ0n) is 15.7. The van der Waals surface area contributed by atoms with Crippen LogP contribution in [-0.4, -0.2) is 46.8 Å². The molecule has 5 nitrogen and oxygen atoms in total. The van der Waals surface area contributed by atoms with Crippen LogP contribution >= 0.6 is 0 Å². The Labute approximate surface area is 154 Å². The number of likely N-dealkylation sites (N-methyl/N-ethyl adjacent to an activating group) is 2. The molecule has 0 fully saturated rings. The maximum atomic E-state index is 13.1. The topological polar surface area (TPSA) is 49.3 Å². The zero-order valence-corrected chi connectivity index (χ0v) is 15.7. The van der Waals surface area contributed by atoms with Crippen molar-refractivity contribution in [2.75, 3.05) is 21.1 Å². The molecule has 0 unspecified atom stereocenters. The summed E-state index contributed by atoms with van der Waals surface area (Å²) in [6.45, 7) is 2.46. The molecule has 0 bridgehead atoms. The first kappa shape index (κ1) is 18.0. The molecule has 0 saturated heterocycles. The van der Waals surface area contributed by atoms with Gasteiger partial charge in [0, 0.05) is 7.05 Å². The lowest BCUT2D eigenvalue weighted by molar-refractivity contribution is -0.135. The van der Waals surface area contributed by atoms with Crippen LogP contribution in [0.4, 0.5) is 0 Å². The second kappa shape index (κ2) is 7.62. The van der Waals surface area contributed by atoms with Crippen molar-refractivity contribution in [3.63, 3.8) is 0 Å². The minimum atomic E-state index is -0.326. The van der Waals surface area contributed by atoms with E-state index in [0.717, 1.165) is 27.9 Å². The fourth-order valence-electron chi connectivity index (χ4n) is 3.10. The number of carbonyl (C=O) groups excluding carboxylic acids is 1. The second-order valence-electron chi connectivity index (χ2n) is 6.82. The van der Waals surface area contributed by atoms with Crippen LogP contribution in [0.2, 0.25) is 0 Å². The van der Waals surface area contributed by atoms with E-state index in [1.165, 1.54) is 0 Å². The molecule has 1 aromatic heterocycles. The number of rotatable bonds is 5. The highest BCUT2D eigenvalue weighted by Gasteiger charge is 2.26. The van der Waals surface area contributed by atoms with Crippen LogP contribution in [0.15, 0.2) is 54.7 Å². The Kier molecular flexibility index (Phi) is 5.28. The van der Waals surface area contributed by atoms with Crippen LogP contribution in [0.1, 0.15) is 22.9 Å². The predicted octanol–water partition coefficient (Wildman–Crippen LogP) is 3.20. The summed E-state index contributed by atoms with van der Waals surface area (Å²) in [7, 11) is 5.66. The van der Waals surface area contributed by atoms with Gasteiger partial charge in [-0.3, -0.25) is 14.7 Å². The summed E-state index contributed by atoms with van der Waals surface area (Å²) in [6, 6.07) is 15.5. The van der Waals surface area contributed by atoms with Crippen LogP contribution in [0.5, 0.6) is 0 Å². The highest BCUT2D eigenvalue weighted by molar-refractivity contribution is 5.83. The van der Waals surface area contributed by atoms with Crippen LogP contribution in [0.25, 0.3) is 11.0 Å². The van der Waals surface area contributed by atoms with E-state index in [0.29, 0.717) is 6.54 Å². The number of hydrogen-bond donors (Lipinski definition) is 0. The highest BCUT2D eigenvalue weighted by atomic mass is 16.2. The van der Waals surface area contributed by atoms with Gasteiger partial charge in [0.05, 0.1) is 29.5 Å². The van der Waals surface area contributed by atoms with Gasteiger partial charge in [-0.25, -0.2) is 4.98 Å². The van der Waals surface area contributed by atoms with E-state index in [1.807, 2.05) is 75.4 Å². The van der Waals surface area contributed by atoms with Gasteiger partial charge in [0.25, 0.3) is 0 Å². The summed E-state index contributed by atoms with van der Waals surface area (Å²) in [6.07, 6.45) is 1.74. The SMILES string of the molecule is Cc1cccc([C@@H](C(=O)N(C)Cc2cnc3ccccc3n2)N(C)C)c1. The largest absolute Gasteiger partial charge is 0.338 e. The van der Waals surface area contributed by atoms with Gasteiger partial charge in [-0.1, -0.05) is 42.0 Å². The van der Waals surface area contributed by atoms with Gasteiger partial charge >= 0.3 is 0 Å². The summed E-state index contributed by atoms with van der Waals surface area (Å²) in [5.41, 5.74) is 4.62. The Hall–Kier alpha value is -2.79. The molecule has 0 radical (unpaired) electrons. The molecule has 1 atom stereocenters. The molecule has 3 rings (SSSR count). The van der Waals surface area contributed by atoms with Crippen molar-refractivity contribution in [3.05, 3.63) is 71.5 Å². The van der Waals surface area contributed by atoms with Crippen molar-refractivity contribution < 1.29 is 4.79 Å². The normalized spacial score (nSPS) is 12.3. The Morgan fingerprint density at radius 3 is 2.46 bits per heavy atom. The number of hydrogen-bond acceptors (Lipinski definition) is 4. The zero-order chi connectivity index (χ0) is 18.7. The van der Waals surface area contributed by atoms with Gasteiger partial charge in [0.15, 0.2) is 0 Å². The molecule has 134 valence electrons. The summed E-state index contributed by atoms with van der Waals surface area (Å²) in [5.74, 6) is 0.0376. The number of aryl methyl sites for hydroxylation is 1. The summed E-state index contributed by atoms with van der Waals surface area (Å²) >= 11 is 0. The molecule has 1 amide bonds. The van der Waals surface area contributed by atoms with Gasteiger partial charge in [0.1, 0.15) is 6.04 Å². The van der Waals surface area contributed by atoms with Crippen LogP contribution in [-0.2, 0) is 11.3 Å². The maximum absolute atomic E-state index is 13.1. The third-order valence-corrected chi connectivity index (χ3v) is 4.38. The number of carbonyl (C=O) groups is 1. The number of benzene rings is 2.